The van der Waals surface area contributed by atoms with Gasteiger partial charge in [-0.2, -0.15) is 0 Å². The molecule has 0 bridgehead atoms. The fraction of sp³-hybridized carbons (Fsp3) is 0.632. The van der Waals surface area contributed by atoms with Crippen LogP contribution in [0.5, 0.6) is 0 Å². The van der Waals surface area contributed by atoms with Crippen molar-refractivity contribution in [2.24, 2.45) is 5.92 Å². The summed E-state index contributed by atoms with van der Waals surface area (Å²) in [6, 6.07) is 10.6. The molecule has 1 amide bonds. The van der Waals surface area contributed by atoms with E-state index in [1.807, 2.05) is 18.2 Å². The lowest BCUT2D eigenvalue weighted by molar-refractivity contribution is -0.137. The molecule has 0 radical (unpaired) electrons. The van der Waals surface area contributed by atoms with Crippen LogP contribution in [0.25, 0.3) is 0 Å². The van der Waals surface area contributed by atoms with Gasteiger partial charge in [0.05, 0.1) is 5.75 Å². The van der Waals surface area contributed by atoms with Crippen LogP contribution >= 0.6 is 0 Å². The van der Waals surface area contributed by atoms with Crippen molar-refractivity contribution in [2.75, 3.05) is 25.4 Å². The van der Waals surface area contributed by atoms with Crippen LogP contribution in [-0.2, 0) is 21.2 Å². The molecule has 0 aliphatic carbocycles. The number of amides is 1. The number of carbonyl (C=O) groups excluding carboxylic acids is 1. The molecule has 2 heterocycles. The monoisotopic (exact) mass is 364 g/mol. The fourth-order valence-corrected chi connectivity index (χ4v) is 5.15. The summed E-state index contributed by atoms with van der Waals surface area (Å²) < 4.78 is 25.5. The van der Waals surface area contributed by atoms with Gasteiger partial charge in [-0.3, -0.25) is 4.79 Å². The first-order chi connectivity index (χ1) is 12.0. The second kappa shape index (κ2) is 7.87. The molecule has 138 valence electrons. The van der Waals surface area contributed by atoms with E-state index < -0.39 is 10.0 Å². The molecular weight excluding hydrogens is 336 g/mol. The third kappa shape index (κ3) is 4.23. The largest absolute Gasteiger partial charge is 0.339 e. The van der Waals surface area contributed by atoms with Gasteiger partial charge in [0.25, 0.3) is 0 Å². The van der Waals surface area contributed by atoms with Crippen molar-refractivity contribution in [3.05, 3.63) is 35.9 Å². The van der Waals surface area contributed by atoms with Crippen LogP contribution in [-0.4, -0.2) is 55.0 Å². The summed E-state index contributed by atoms with van der Waals surface area (Å²) in [6.07, 6.45) is 4.32. The summed E-state index contributed by atoms with van der Waals surface area (Å²) in [5.41, 5.74) is 1.27. The van der Waals surface area contributed by atoms with Crippen molar-refractivity contribution in [3.63, 3.8) is 0 Å². The number of nitrogens with zero attached hydrogens (tertiary/aromatic N) is 2. The predicted molar refractivity (Wildman–Crippen MR) is 98.6 cm³/mol. The Bertz CT molecular complexity index is 682. The lowest BCUT2D eigenvalue weighted by atomic mass is 9.95. The fourth-order valence-electron chi connectivity index (χ4n) is 4.02. The molecule has 0 saturated carbocycles. The molecule has 5 nitrogen and oxygen atoms in total. The molecule has 0 spiro atoms. The topological polar surface area (TPSA) is 57.7 Å². The van der Waals surface area contributed by atoms with Crippen LogP contribution in [0.3, 0.4) is 0 Å². The van der Waals surface area contributed by atoms with E-state index in [1.165, 1.54) is 5.56 Å². The van der Waals surface area contributed by atoms with Crippen LogP contribution < -0.4 is 0 Å². The number of carbonyl (C=O) groups is 1. The third-order valence-corrected chi connectivity index (χ3v) is 7.42. The van der Waals surface area contributed by atoms with E-state index in [0.717, 1.165) is 25.8 Å². The minimum Gasteiger partial charge on any atom is -0.339 e. The van der Waals surface area contributed by atoms with Gasteiger partial charge in [0, 0.05) is 31.6 Å². The van der Waals surface area contributed by atoms with Crippen molar-refractivity contribution in [2.45, 2.75) is 45.1 Å². The molecule has 2 aliphatic heterocycles. The lowest BCUT2D eigenvalue weighted by Gasteiger charge is -2.34. The molecule has 0 aromatic heterocycles. The zero-order valence-electron chi connectivity index (χ0n) is 14.9. The van der Waals surface area contributed by atoms with Gasteiger partial charge in [-0.1, -0.05) is 30.3 Å². The first kappa shape index (κ1) is 18.4. The maximum Gasteiger partial charge on any atom is 0.226 e. The number of piperidine rings is 1. The molecule has 2 aliphatic rings. The standard InChI is InChI=1S/C19H28N2O3S/c1-2-25(23,24)20-13-10-17(11-14-20)19(22)21-12-6-9-18(21)15-16-7-4-3-5-8-16/h3-5,7-8,17-18H,2,6,9-15H2,1H3. The molecule has 3 rings (SSSR count). The minimum absolute atomic E-state index is 0.0281. The number of rotatable bonds is 5. The normalized spacial score (nSPS) is 23.1. The van der Waals surface area contributed by atoms with Crippen LogP contribution in [0.2, 0.25) is 0 Å². The average molecular weight is 365 g/mol. The highest BCUT2D eigenvalue weighted by Crippen LogP contribution is 2.27. The number of benzene rings is 1. The van der Waals surface area contributed by atoms with Gasteiger partial charge in [-0.15, -0.1) is 0 Å². The Morgan fingerprint density at radius 3 is 2.40 bits per heavy atom. The van der Waals surface area contributed by atoms with Crippen molar-refractivity contribution in [1.29, 1.82) is 0 Å². The molecule has 1 aromatic rings. The quantitative estimate of drug-likeness (QED) is 0.805. The summed E-state index contributed by atoms with van der Waals surface area (Å²) in [4.78, 5) is 15.0. The van der Waals surface area contributed by atoms with Gasteiger partial charge in [0.2, 0.25) is 15.9 Å². The van der Waals surface area contributed by atoms with Crippen LogP contribution in [0, 0.1) is 5.92 Å². The van der Waals surface area contributed by atoms with Gasteiger partial charge in [-0.05, 0) is 44.6 Å². The summed E-state index contributed by atoms with van der Waals surface area (Å²) in [5, 5.41) is 0. The van der Waals surface area contributed by atoms with E-state index in [0.29, 0.717) is 25.9 Å². The molecule has 1 unspecified atom stereocenters. The highest BCUT2D eigenvalue weighted by molar-refractivity contribution is 7.89. The zero-order chi connectivity index (χ0) is 17.9. The predicted octanol–water partition coefficient (Wildman–Crippen LogP) is 2.28. The number of hydrogen-bond donors (Lipinski definition) is 0. The summed E-state index contributed by atoms with van der Waals surface area (Å²) in [5.74, 6) is 0.336. The highest BCUT2D eigenvalue weighted by atomic mass is 32.2. The SMILES string of the molecule is CCS(=O)(=O)N1CCC(C(=O)N2CCCC2Cc2ccccc2)CC1. The van der Waals surface area contributed by atoms with Crippen LogP contribution in [0.15, 0.2) is 30.3 Å². The Morgan fingerprint density at radius 1 is 1.08 bits per heavy atom. The van der Waals surface area contributed by atoms with E-state index >= 15 is 0 Å². The second-order valence-corrected chi connectivity index (χ2v) is 9.35. The van der Waals surface area contributed by atoms with E-state index in [9.17, 15) is 13.2 Å². The Morgan fingerprint density at radius 2 is 1.76 bits per heavy atom. The van der Waals surface area contributed by atoms with E-state index in [2.05, 4.69) is 17.0 Å². The number of sulfonamides is 1. The molecule has 6 heteroatoms. The summed E-state index contributed by atoms with van der Waals surface area (Å²) in [6.45, 7) is 3.46. The average Bonchev–Trinajstić information content (AvgIpc) is 3.10. The maximum absolute atomic E-state index is 13.0. The van der Waals surface area contributed by atoms with Crippen LogP contribution in [0.4, 0.5) is 0 Å². The third-order valence-electron chi connectivity index (χ3n) is 5.54. The summed E-state index contributed by atoms with van der Waals surface area (Å²) in [7, 11) is -3.13. The van der Waals surface area contributed by atoms with E-state index in [4.69, 9.17) is 0 Å². The highest BCUT2D eigenvalue weighted by Gasteiger charge is 2.36. The Hall–Kier alpha value is -1.40. The van der Waals surface area contributed by atoms with E-state index in [1.54, 1.807) is 11.2 Å². The molecular formula is C19H28N2O3S. The zero-order valence-corrected chi connectivity index (χ0v) is 15.7. The van der Waals surface area contributed by atoms with Crippen molar-refractivity contribution < 1.29 is 13.2 Å². The van der Waals surface area contributed by atoms with Gasteiger partial charge in [-0.25, -0.2) is 12.7 Å². The minimum atomic E-state index is -3.13. The molecule has 1 aromatic carbocycles. The molecule has 2 saturated heterocycles. The summed E-state index contributed by atoms with van der Waals surface area (Å²) >= 11 is 0. The Labute approximate surface area is 151 Å². The lowest BCUT2D eigenvalue weighted by Crippen LogP contribution is -2.46. The molecule has 1 atom stereocenters. The Kier molecular flexibility index (Phi) is 5.79. The smallest absolute Gasteiger partial charge is 0.226 e. The van der Waals surface area contributed by atoms with Crippen LogP contribution in [0.1, 0.15) is 38.2 Å². The molecule has 25 heavy (non-hydrogen) atoms. The van der Waals surface area contributed by atoms with Gasteiger partial charge < -0.3 is 4.90 Å². The number of likely N-dealkylation sites (tertiary alicyclic amines) is 1. The van der Waals surface area contributed by atoms with Crippen molar-refractivity contribution in [3.8, 4) is 0 Å². The van der Waals surface area contributed by atoms with Crippen molar-refractivity contribution in [1.82, 2.24) is 9.21 Å². The van der Waals surface area contributed by atoms with Gasteiger partial charge in [0.15, 0.2) is 0 Å². The number of hydrogen-bond acceptors (Lipinski definition) is 3. The molecule has 2 fully saturated rings. The van der Waals surface area contributed by atoms with E-state index in [-0.39, 0.29) is 23.6 Å². The van der Waals surface area contributed by atoms with Gasteiger partial charge in [0.1, 0.15) is 0 Å². The Balaban J connectivity index is 1.59. The maximum atomic E-state index is 13.0. The molecule has 0 N–H and O–H groups in total. The first-order valence-electron chi connectivity index (χ1n) is 9.33. The van der Waals surface area contributed by atoms with Gasteiger partial charge >= 0.3 is 0 Å². The second-order valence-electron chi connectivity index (χ2n) is 7.09. The van der Waals surface area contributed by atoms with Crippen molar-refractivity contribution >= 4 is 15.9 Å². The first-order valence-corrected chi connectivity index (χ1v) is 10.9.